The average molecular weight is 319 g/mol. The van der Waals surface area contributed by atoms with E-state index >= 15 is 0 Å². The van der Waals surface area contributed by atoms with Crippen molar-refractivity contribution in [3.8, 4) is 0 Å². The van der Waals surface area contributed by atoms with Crippen LogP contribution in [0.5, 0.6) is 0 Å². The first kappa shape index (κ1) is 16.9. The number of likely N-dealkylation sites (N-methyl/N-ethyl adjacent to an activating group) is 1. The standard InChI is InChI=1S/C13H19ClN2O3S/c1-4-10(2)15-13(17)9-16(3)20(18,19)12-7-5-6-11(14)8-12/h5-8,10H,4,9H2,1-3H3,(H,15,17)/t10-/m1/s1. The molecule has 5 nitrogen and oxygen atoms in total. The average Bonchev–Trinajstić information content (AvgIpc) is 2.38. The van der Waals surface area contributed by atoms with E-state index in [1.165, 1.54) is 19.2 Å². The molecule has 0 aromatic heterocycles. The molecule has 0 spiro atoms. The summed E-state index contributed by atoms with van der Waals surface area (Å²) in [4.78, 5) is 11.8. The van der Waals surface area contributed by atoms with Crippen LogP contribution in [0, 0.1) is 0 Å². The highest BCUT2D eigenvalue weighted by molar-refractivity contribution is 7.89. The van der Waals surface area contributed by atoms with E-state index in [1.54, 1.807) is 12.1 Å². The SMILES string of the molecule is CC[C@@H](C)NC(=O)CN(C)S(=O)(=O)c1cccc(Cl)c1. The minimum absolute atomic E-state index is 0.0183. The van der Waals surface area contributed by atoms with Gasteiger partial charge in [0, 0.05) is 18.1 Å². The Bertz CT molecular complexity index is 575. The number of halogens is 1. The smallest absolute Gasteiger partial charge is 0.243 e. The van der Waals surface area contributed by atoms with Crippen molar-refractivity contribution in [3.63, 3.8) is 0 Å². The molecule has 1 amide bonds. The Hall–Kier alpha value is -1.11. The van der Waals surface area contributed by atoms with Gasteiger partial charge in [-0.1, -0.05) is 24.6 Å². The molecule has 0 saturated carbocycles. The predicted molar refractivity (Wildman–Crippen MR) is 79.2 cm³/mol. The van der Waals surface area contributed by atoms with Crippen LogP contribution in [0.15, 0.2) is 29.2 Å². The van der Waals surface area contributed by atoms with Gasteiger partial charge >= 0.3 is 0 Å². The molecule has 0 radical (unpaired) electrons. The van der Waals surface area contributed by atoms with E-state index in [9.17, 15) is 13.2 Å². The van der Waals surface area contributed by atoms with E-state index in [4.69, 9.17) is 11.6 Å². The van der Waals surface area contributed by atoms with E-state index in [2.05, 4.69) is 5.32 Å². The maximum absolute atomic E-state index is 12.3. The molecule has 0 aliphatic carbocycles. The van der Waals surface area contributed by atoms with Gasteiger partial charge in [-0.05, 0) is 31.5 Å². The Kier molecular flexibility index (Phi) is 5.98. The quantitative estimate of drug-likeness (QED) is 0.871. The van der Waals surface area contributed by atoms with Crippen molar-refractivity contribution < 1.29 is 13.2 Å². The van der Waals surface area contributed by atoms with Crippen molar-refractivity contribution in [1.82, 2.24) is 9.62 Å². The van der Waals surface area contributed by atoms with Gasteiger partial charge in [-0.15, -0.1) is 0 Å². The fraction of sp³-hybridized carbons (Fsp3) is 0.462. The van der Waals surface area contributed by atoms with Gasteiger partial charge in [0.25, 0.3) is 0 Å². The van der Waals surface area contributed by atoms with Crippen LogP contribution < -0.4 is 5.32 Å². The lowest BCUT2D eigenvalue weighted by atomic mass is 10.2. The topological polar surface area (TPSA) is 66.5 Å². The Labute approximate surface area is 125 Å². The van der Waals surface area contributed by atoms with Crippen LogP contribution >= 0.6 is 11.6 Å². The van der Waals surface area contributed by atoms with Crippen LogP contribution in [0.2, 0.25) is 5.02 Å². The van der Waals surface area contributed by atoms with Gasteiger partial charge < -0.3 is 5.32 Å². The van der Waals surface area contributed by atoms with Gasteiger partial charge in [0.2, 0.25) is 15.9 Å². The number of rotatable bonds is 6. The van der Waals surface area contributed by atoms with Gasteiger partial charge in [0.1, 0.15) is 0 Å². The van der Waals surface area contributed by atoms with E-state index in [0.29, 0.717) is 5.02 Å². The van der Waals surface area contributed by atoms with Crippen molar-refractivity contribution in [2.45, 2.75) is 31.2 Å². The number of carbonyl (C=O) groups is 1. The lowest BCUT2D eigenvalue weighted by molar-refractivity contribution is -0.121. The van der Waals surface area contributed by atoms with Crippen molar-refractivity contribution >= 4 is 27.5 Å². The van der Waals surface area contributed by atoms with E-state index in [0.717, 1.165) is 10.7 Å². The zero-order chi connectivity index (χ0) is 15.3. The van der Waals surface area contributed by atoms with Crippen molar-refractivity contribution in [1.29, 1.82) is 0 Å². The Morgan fingerprint density at radius 2 is 2.10 bits per heavy atom. The fourth-order valence-corrected chi connectivity index (χ4v) is 2.95. The number of hydrogen-bond acceptors (Lipinski definition) is 3. The molecule has 0 bridgehead atoms. The number of benzene rings is 1. The number of carbonyl (C=O) groups excluding carboxylic acids is 1. The third kappa shape index (κ3) is 4.47. The molecule has 1 aromatic rings. The highest BCUT2D eigenvalue weighted by Crippen LogP contribution is 2.18. The Morgan fingerprint density at radius 3 is 2.65 bits per heavy atom. The first-order chi connectivity index (χ1) is 9.27. The van der Waals surface area contributed by atoms with Gasteiger partial charge in [0.05, 0.1) is 11.4 Å². The number of nitrogens with zero attached hydrogens (tertiary/aromatic N) is 1. The second kappa shape index (κ2) is 7.06. The van der Waals surface area contributed by atoms with Crippen LogP contribution in [-0.4, -0.2) is 38.3 Å². The monoisotopic (exact) mass is 318 g/mol. The summed E-state index contributed by atoms with van der Waals surface area (Å²) < 4.78 is 25.5. The van der Waals surface area contributed by atoms with Crippen molar-refractivity contribution in [3.05, 3.63) is 29.3 Å². The zero-order valence-electron chi connectivity index (χ0n) is 11.8. The van der Waals surface area contributed by atoms with Gasteiger partial charge in [0.15, 0.2) is 0 Å². The van der Waals surface area contributed by atoms with Crippen LogP contribution in [0.1, 0.15) is 20.3 Å². The van der Waals surface area contributed by atoms with E-state index < -0.39 is 10.0 Å². The molecule has 7 heteroatoms. The van der Waals surface area contributed by atoms with Crippen molar-refractivity contribution in [2.75, 3.05) is 13.6 Å². The first-order valence-corrected chi connectivity index (χ1v) is 8.10. The molecule has 112 valence electrons. The predicted octanol–water partition coefficient (Wildman–Crippen LogP) is 1.88. The molecular weight excluding hydrogens is 300 g/mol. The molecule has 0 fully saturated rings. The van der Waals surface area contributed by atoms with E-state index in [1.807, 2.05) is 13.8 Å². The van der Waals surface area contributed by atoms with E-state index in [-0.39, 0.29) is 23.4 Å². The van der Waals surface area contributed by atoms with Gasteiger partial charge in [-0.2, -0.15) is 4.31 Å². The molecular formula is C13H19ClN2O3S. The largest absolute Gasteiger partial charge is 0.353 e. The molecule has 1 N–H and O–H groups in total. The highest BCUT2D eigenvalue weighted by atomic mass is 35.5. The fourth-order valence-electron chi connectivity index (χ4n) is 1.52. The molecule has 0 aliphatic heterocycles. The normalized spacial score (nSPS) is 13.2. The lowest BCUT2D eigenvalue weighted by Gasteiger charge is -2.18. The van der Waals surface area contributed by atoms with Crippen molar-refractivity contribution in [2.24, 2.45) is 0 Å². The van der Waals surface area contributed by atoms with Gasteiger partial charge in [-0.3, -0.25) is 4.79 Å². The van der Waals surface area contributed by atoms with Crippen LogP contribution in [0.25, 0.3) is 0 Å². The zero-order valence-corrected chi connectivity index (χ0v) is 13.3. The molecule has 0 saturated heterocycles. The minimum Gasteiger partial charge on any atom is -0.353 e. The first-order valence-electron chi connectivity index (χ1n) is 6.28. The molecule has 0 heterocycles. The summed E-state index contributed by atoms with van der Waals surface area (Å²) in [7, 11) is -2.34. The number of amides is 1. The van der Waals surface area contributed by atoms with Crippen LogP contribution in [0.3, 0.4) is 0 Å². The second-order valence-corrected chi connectivity index (χ2v) is 7.08. The third-order valence-electron chi connectivity index (χ3n) is 2.89. The van der Waals surface area contributed by atoms with Crippen LogP contribution in [0.4, 0.5) is 0 Å². The second-order valence-electron chi connectivity index (χ2n) is 4.60. The minimum atomic E-state index is -3.71. The third-order valence-corrected chi connectivity index (χ3v) is 4.92. The summed E-state index contributed by atoms with van der Waals surface area (Å²) in [6.07, 6.45) is 0.788. The summed E-state index contributed by atoms with van der Waals surface area (Å²) in [6, 6.07) is 5.98. The number of hydrogen-bond donors (Lipinski definition) is 1. The molecule has 1 atom stereocenters. The van der Waals surface area contributed by atoms with Crippen LogP contribution in [-0.2, 0) is 14.8 Å². The molecule has 0 unspecified atom stereocenters. The summed E-state index contributed by atoms with van der Waals surface area (Å²) >= 11 is 5.79. The Morgan fingerprint density at radius 1 is 1.45 bits per heavy atom. The number of nitrogens with one attached hydrogen (secondary N) is 1. The summed E-state index contributed by atoms with van der Waals surface area (Å²) in [5.41, 5.74) is 0. The molecule has 1 rings (SSSR count). The lowest BCUT2D eigenvalue weighted by Crippen LogP contribution is -2.41. The molecule has 1 aromatic carbocycles. The Balaban J connectivity index is 2.80. The van der Waals surface area contributed by atoms with Gasteiger partial charge in [-0.25, -0.2) is 8.42 Å². The summed E-state index contributed by atoms with van der Waals surface area (Å²) in [5, 5.41) is 3.06. The number of sulfonamides is 1. The maximum atomic E-state index is 12.3. The molecule has 0 aliphatic rings. The maximum Gasteiger partial charge on any atom is 0.243 e. The summed E-state index contributed by atoms with van der Waals surface area (Å²) in [6.45, 7) is 3.58. The highest BCUT2D eigenvalue weighted by Gasteiger charge is 2.23. The molecule has 20 heavy (non-hydrogen) atoms. The summed E-state index contributed by atoms with van der Waals surface area (Å²) in [5.74, 6) is -0.326.